The normalized spacial score (nSPS) is 25.0. The van der Waals surface area contributed by atoms with E-state index in [1.807, 2.05) is 0 Å². The molecular formula is C21H19NO. The SMILES string of the molecule is CC1C=CC2=CC3=C(CC2C1)Nc1cc2ccccc2cc1O3. The predicted octanol–water partition coefficient (Wildman–Crippen LogP) is 5.40. The van der Waals surface area contributed by atoms with Crippen LogP contribution in [0.1, 0.15) is 19.8 Å². The molecule has 0 aromatic heterocycles. The lowest BCUT2D eigenvalue weighted by Crippen LogP contribution is -2.23. The molecular weight excluding hydrogens is 282 g/mol. The topological polar surface area (TPSA) is 21.3 Å². The summed E-state index contributed by atoms with van der Waals surface area (Å²) in [5.41, 5.74) is 3.72. The van der Waals surface area contributed by atoms with E-state index in [0.717, 1.165) is 23.6 Å². The van der Waals surface area contributed by atoms with E-state index in [9.17, 15) is 0 Å². The number of rotatable bonds is 0. The zero-order valence-electron chi connectivity index (χ0n) is 13.2. The van der Waals surface area contributed by atoms with Gasteiger partial charge in [-0.1, -0.05) is 43.3 Å². The lowest BCUT2D eigenvalue weighted by atomic mass is 9.78. The standard InChI is InChI=1S/C21H19NO/c1-13-6-7-16-12-21-19(10-17(16)8-13)22-18-9-14-4-2-3-5-15(14)11-20(18)23-21/h2-7,9,11-13,17,22H,8,10H2,1H3. The van der Waals surface area contributed by atoms with E-state index in [0.29, 0.717) is 11.8 Å². The fraction of sp³-hybridized carbons (Fsp3) is 0.238. The van der Waals surface area contributed by atoms with Gasteiger partial charge in [0.05, 0.1) is 11.4 Å². The summed E-state index contributed by atoms with van der Waals surface area (Å²) in [6.07, 6.45) is 9.08. The van der Waals surface area contributed by atoms with Crippen molar-refractivity contribution in [2.75, 3.05) is 5.32 Å². The Bertz CT molecular complexity index is 903. The fourth-order valence-electron chi connectivity index (χ4n) is 3.91. The van der Waals surface area contributed by atoms with Crippen molar-refractivity contribution in [3.8, 4) is 5.75 Å². The molecule has 0 bridgehead atoms. The second kappa shape index (κ2) is 4.76. The monoisotopic (exact) mass is 301 g/mol. The number of anilines is 1. The van der Waals surface area contributed by atoms with Gasteiger partial charge in [0.25, 0.3) is 0 Å². The van der Waals surface area contributed by atoms with E-state index in [1.54, 1.807) is 0 Å². The summed E-state index contributed by atoms with van der Waals surface area (Å²) < 4.78 is 6.23. The van der Waals surface area contributed by atoms with Crippen LogP contribution in [-0.4, -0.2) is 0 Å². The molecule has 0 spiro atoms. The molecule has 0 amide bonds. The molecule has 2 heteroatoms. The maximum absolute atomic E-state index is 6.23. The first-order chi connectivity index (χ1) is 11.3. The van der Waals surface area contributed by atoms with E-state index < -0.39 is 0 Å². The second-order valence-electron chi connectivity index (χ2n) is 6.88. The Kier molecular flexibility index (Phi) is 2.69. The molecule has 5 rings (SSSR count). The average molecular weight is 301 g/mol. The van der Waals surface area contributed by atoms with Gasteiger partial charge in [-0.2, -0.15) is 0 Å². The third-order valence-corrected chi connectivity index (χ3v) is 5.14. The number of fused-ring (bicyclic) bond motifs is 3. The Morgan fingerprint density at radius 2 is 1.96 bits per heavy atom. The van der Waals surface area contributed by atoms with Crippen molar-refractivity contribution in [1.82, 2.24) is 0 Å². The summed E-state index contributed by atoms with van der Waals surface area (Å²) in [6.45, 7) is 2.30. The van der Waals surface area contributed by atoms with Gasteiger partial charge in [-0.05, 0) is 59.2 Å². The third-order valence-electron chi connectivity index (χ3n) is 5.14. The molecule has 2 unspecified atom stereocenters. The molecule has 1 aliphatic heterocycles. The predicted molar refractivity (Wildman–Crippen MR) is 94.3 cm³/mol. The summed E-state index contributed by atoms with van der Waals surface area (Å²) in [4.78, 5) is 0. The largest absolute Gasteiger partial charge is 0.453 e. The molecule has 2 atom stereocenters. The molecule has 2 aromatic rings. The molecule has 1 heterocycles. The summed E-state index contributed by atoms with van der Waals surface area (Å²) in [6, 6.07) is 12.7. The van der Waals surface area contributed by atoms with Crippen molar-refractivity contribution in [3.05, 3.63) is 71.7 Å². The van der Waals surface area contributed by atoms with Crippen molar-refractivity contribution in [1.29, 1.82) is 0 Å². The zero-order valence-corrected chi connectivity index (χ0v) is 13.2. The number of benzene rings is 2. The number of nitrogens with one attached hydrogen (secondary N) is 1. The van der Waals surface area contributed by atoms with Crippen LogP contribution in [0.5, 0.6) is 5.75 Å². The minimum absolute atomic E-state index is 0.617. The van der Waals surface area contributed by atoms with Crippen LogP contribution in [0.2, 0.25) is 0 Å². The molecule has 2 nitrogen and oxygen atoms in total. The van der Waals surface area contributed by atoms with Crippen molar-refractivity contribution in [3.63, 3.8) is 0 Å². The van der Waals surface area contributed by atoms with E-state index in [-0.39, 0.29) is 0 Å². The van der Waals surface area contributed by atoms with Gasteiger partial charge in [-0.15, -0.1) is 0 Å². The molecule has 114 valence electrons. The molecule has 0 saturated heterocycles. The molecule has 1 N–H and O–H groups in total. The van der Waals surface area contributed by atoms with Gasteiger partial charge < -0.3 is 10.1 Å². The summed E-state index contributed by atoms with van der Waals surface area (Å²) in [5, 5.41) is 6.08. The molecule has 2 aromatic carbocycles. The van der Waals surface area contributed by atoms with E-state index >= 15 is 0 Å². The molecule has 0 saturated carbocycles. The van der Waals surface area contributed by atoms with Crippen LogP contribution in [0, 0.1) is 11.8 Å². The Balaban J connectivity index is 1.56. The highest BCUT2D eigenvalue weighted by atomic mass is 16.5. The van der Waals surface area contributed by atoms with Crippen LogP contribution in [0.3, 0.4) is 0 Å². The van der Waals surface area contributed by atoms with E-state index in [2.05, 4.69) is 66.9 Å². The Hall–Kier alpha value is -2.48. The van der Waals surface area contributed by atoms with Crippen LogP contribution in [0.4, 0.5) is 5.69 Å². The molecule has 2 aliphatic carbocycles. The Morgan fingerprint density at radius 1 is 1.13 bits per heavy atom. The maximum Gasteiger partial charge on any atom is 0.151 e. The lowest BCUT2D eigenvalue weighted by Gasteiger charge is -2.33. The van der Waals surface area contributed by atoms with Crippen molar-refractivity contribution in [2.24, 2.45) is 11.8 Å². The van der Waals surface area contributed by atoms with Crippen LogP contribution >= 0.6 is 0 Å². The average Bonchev–Trinajstić information content (AvgIpc) is 2.56. The first kappa shape index (κ1) is 13.0. The quantitative estimate of drug-likeness (QED) is 0.703. The smallest absolute Gasteiger partial charge is 0.151 e. The van der Waals surface area contributed by atoms with Gasteiger partial charge in [0.1, 0.15) is 5.76 Å². The fourth-order valence-corrected chi connectivity index (χ4v) is 3.91. The number of hydrogen-bond donors (Lipinski definition) is 1. The van der Waals surface area contributed by atoms with Gasteiger partial charge in [-0.25, -0.2) is 0 Å². The summed E-state index contributed by atoms with van der Waals surface area (Å²) >= 11 is 0. The highest BCUT2D eigenvalue weighted by molar-refractivity contribution is 5.89. The van der Waals surface area contributed by atoms with E-state index in [4.69, 9.17) is 4.74 Å². The highest BCUT2D eigenvalue weighted by Gasteiger charge is 2.29. The lowest BCUT2D eigenvalue weighted by molar-refractivity contribution is 0.400. The van der Waals surface area contributed by atoms with E-state index in [1.165, 1.54) is 28.5 Å². The first-order valence-electron chi connectivity index (χ1n) is 8.37. The highest BCUT2D eigenvalue weighted by Crippen LogP contribution is 2.43. The Morgan fingerprint density at radius 3 is 2.83 bits per heavy atom. The number of allylic oxidation sites excluding steroid dienone is 5. The van der Waals surface area contributed by atoms with Crippen molar-refractivity contribution >= 4 is 16.5 Å². The summed E-state index contributed by atoms with van der Waals surface area (Å²) in [7, 11) is 0. The minimum Gasteiger partial charge on any atom is -0.453 e. The summed E-state index contributed by atoms with van der Waals surface area (Å²) in [5.74, 6) is 3.19. The van der Waals surface area contributed by atoms with Gasteiger partial charge >= 0.3 is 0 Å². The van der Waals surface area contributed by atoms with Crippen LogP contribution in [0.25, 0.3) is 10.8 Å². The minimum atomic E-state index is 0.617. The number of ether oxygens (including phenoxy) is 1. The maximum atomic E-state index is 6.23. The molecule has 23 heavy (non-hydrogen) atoms. The van der Waals surface area contributed by atoms with Crippen LogP contribution in [-0.2, 0) is 0 Å². The van der Waals surface area contributed by atoms with Crippen molar-refractivity contribution < 1.29 is 4.74 Å². The van der Waals surface area contributed by atoms with Gasteiger partial charge in [0, 0.05) is 0 Å². The van der Waals surface area contributed by atoms with Crippen LogP contribution < -0.4 is 10.1 Å². The molecule has 0 fully saturated rings. The van der Waals surface area contributed by atoms with Gasteiger partial charge in [0.15, 0.2) is 5.75 Å². The van der Waals surface area contributed by atoms with Gasteiger partial charge in [-0.3, -0.25) is 0 Å². The van der Waals surface area contributed by atoms with Crippen molar-refractivity contribution in [2.45, 2.75) is 19.8 Å². The number of hydrogen-bond acceptors (Lipinski definition) is 2. The molecule has 0 radical (unpaired) electrons. The second-order valence-corrected chi connectivity index (χ2v) is 6.88. The zero-order chi connectivity index (χ0) is 15.4. The first-order valence-corrected chi connectivity index (χ1v) is 8.37. The Labute approximate surface area is 136 Å². The van der Waals surface area contributed by atoms with Crippen LogP contribution in [0.15, 0.2) is 71.7 Å². The molecule has 3 aliphatic rings. The van der Waals surface area contributed by atoms with Gasteiger partial charge in [0.2, 0.25) is 0 Å². The third kappa shape index (κ3) is 2.09.